The van der Waals surface area contributed by atoms with Gasteiger partial charge in [0.25, 0.3) is 0 Å². The molecule has 0 amide bonds. The molecular weight excluding hydrogens is 306 g/mol. The minimum Gasteiger partial charge on any atom is -0.423 e. The van der Waals surface area contributed by atoms with Gasteiger partial charge in [-0.05, 0) is 37.1 Å². The zero-order valence-corrected chi connectivity index (χ0v) is 14.6. The van der Waals surface area contributed by atoms with Crippen molar-refractivity contribution in [2.24, 2.45) is 0 Å². The maximum atomic E-state index is 11.7. The molecule has 1 aromatic carbocycles. The van der Waals surface area contributed by atoms with Gasteiger partial charge in [0.2, 0.25) is 0 Å². The maximum Gasteiger partial charge on any atom is 0.335 e. The second-order valence-corrected chi connectivity index (χ2v) is 6.49. The average molecular weight is 329 g/mol. The number of rotatable bonds is 8. The van der Waals surface area contributed by atoms with Crippen molar-refractivity contribution in [2.45, 2.75) is 46.0 Å². The molecule has 0 saturated heterocycles. The molecule has 2 rings (SSSR count). The molecule has 0 spiro atoms. The van der Waals surface area contributed by atoms with E-state index in [1.165, 1.54) is 11.0 Å². The van der Waals surface area contributed by atoms with Crippen LogP contribution in [0.3, 0.4) is 0 Å². The molecule has 23 heavy (non-hydrogen) atoms. The number of ether oxygens (including phenoxy) is 1. The third-order valence-electron chi connectivity index (χ3n) is 3.35. The molecule has 0 aliphatic rings. The van der Waals surface area contributed by atoms with E-state index in [0.29, 0.717) is 5.75 Å². The number of hydrogen-bond acceptors (Lipinski definition) is 4. The molecule has 0 aliphatic carbocycles. The quantitative estimate of drug-likeness (QED) is 0.281. The van der Waals surface area contributed by atoms with E-state index in [-0.39, 0.29) is 5.97 Å². The number of esters is 1. The van der Waals surface area contributed by atoms with E-state index in [2.05, 4.69) is 18.8 Å². The number of hydrogen-bond donors (Lipinski definition) is 0. The molecule has 0 atom stereocenters. The highest BCUT2D eigenvalue weighted by Crippen LogP contribution is 2.27. The van der Waals surface area contributed by atoms with Crippen molar-refractivity contribution < 1.29 is 9.53 Å². The van der Waals surface area contributed by atoms with Crippen LogP contribution < -0.4 is 4.74 Å². The SMILES string of the molecule is CCCCC=CC(=O)Oc1ccc(-c2ncc(CCC)s2)cc1. The Labute approximate surface area is 142 Å². The summed E-state index contributed by atoms with van der Waals surface area (Å²) in [7, 11) is 0. The number of nitrogens with zero attached hydrogens (tertiary/aromatic N) is 1. The highest BCUT2D eigenvalue weighted by Gasteiger charge is 2.06. The lowest BCUT2D eigenvalue weighted by atomic mass is 10.2. The molecule has 1 heterocycles. The van der Waals surface area contributed by atoms with Crippen LogP contribution in [0.25, 0.3) is 10.6 Å². The van der Waals surface area contributed by atoms with Gasteiger partial charge in [0.1, 0.15) is 10.8 Å². The van der Waals surface area contributed by atoms with Crippen molar-refractivity contribution in [1.29, 1.82) is 0 Å². The Morgan fingerprint density at radius 2 is 2.00 bits per heavy atom. The molecule has 0 radical (unpaired) electrons. The topological polar surface area (TPSA) is 39.2 Å². The van der Waals surface area contributed by atoms with Crippen LogP contribution in [-0.4, -0.2) is 11.0 Å². The fourth-order valence-corrected chi connectivity index (χ4v) is 3.14. The van der Waals surface area contributed by atoms with E-state index in [9.17, 15) is 4.79 Å². The van der Waals surface area contributed by atoms with Crippen molar-refractivity contribution in [3.05, 3.63) is 47.5 Å². The van der Waals surface area contributed by atoms with Crippen LogP contribution >= 0.6 is 11.3 Å². The summed E-state index contributed by atoms with van der Waals surface area (Å²) in [6.07, 6.45) is 10.6. The fourth-order valence-electron chi connectivity index (χ4n) is 2.12. The highest BCUT2D eigenvalue weighted by atomic mass is 32.1. The van der Waals surface area contributed by atoms with Crippen molar-refractivity contribution in [3.63, 3.8) is 0 Å². The van der Waals surface area contributed by atoms with Gasteiger partial charge in [0.05, 0.1) is 0 Å². The van der Waals surface area contributed by atoms with Gasteiger partial charge in [0, 0.05) is 22.7 Å². The number of carbonyl (C=O) groups excluding carboxylic acids is 1. The largest absolute Gasteiger partial charge is 0.423 e. The number of aryl methyl sites for hydroxylation is 1. The van der Waals surface area contributed by atoms with Gasteiger partial charge in [-0.2, -0.15) is 0 Å². The number of benzene rings is 1. The van der Waals surface area contributed by atoms with Gasteiger partial charge < -0.3 is 4.74 Å². The molecule has 1 aromatic heterocycles. The summed E-state index contributed by atoms with van der Waals surface area (Å²) in [5.74, 6) is 0.234. The summed E-state index contributed by atoms with van der Waals surface area (Å²) >= 11 is 1.72. The number of thiazole rings is 1. The summed E-state index contributed by atoms with van der Waals surface area (Å²) < 4.78 is 5.29. The smallest absolute Gasteiger partial charge is 0.335 e. The standard InChI is InChI=1S/C19H23NO2S/c1-3-5-6-7-9-18(21)22-16-12-10-15(11-13-16)19-20-14-17(23-19)8-4-2/h7,9-14H,3-6,8H2,1-2H3. The summed E-state index contributed by atoms with van der Waals surface area (Å²) in [4.78, 5) is 17.4. The van der Waals surface area contributed by atoms with E-state index in [1.807, 2.05) is 36.5 Å². The number of unbranched alkanes of at least 4 members (excludes halogenated alkanes) is 2. The fraction of sp³-hybridized carbons (Fsp3) is 0.368. The van der Waals surface area contributed by atoms with Gasteiger partial charge >= 0.3 is 5.97 Å². The Bertz CT molecular complexity index is 644. The molecule has 0 bridgehead atoms. The van der Waals surface area contributed by atoms with Gasteiger partial charge in [-0.15, -0.1) is 11.3 Å². The molecule has 122 valence electrons. The second kappa shape index (κ2) is 9.26. The third kappa shape index (κ3) is 5.64. The monoisotopic (exact) mass is 329 g/mol. The molecule has 2 aromatic rings. The predicted octanol–water partition coefficient (Wildman–Crippen LogP) is 5.41. The first-order chi connectivity index (χ1) is 11.2. The summed E-state index contributed by atoms with van der Waals surface area (Å²) in [6.45, 7) is 4.29. The van der Waals surface area contributed by atoms with Gasteiger partial charge in [-0.25, -0.2) is 9.78 Å². The van der Waals surface area contributed by atoms with Crippen molar-refractivity contribution in [1.82, 2.24) is 4.98 Å². The first-order valence-electron chi connectivity index (χ1n) is 8.16. The Morgan fingerprint density at radius 3 is 2.70 bits per heavy atom. The first kappa shape index (κ1) is 17.4. The molecule has 0 aliphatic heterocycles. The lowest BCUT2D eigenvalue weighted by molar-refractivity contribution is -0.129. The van der Waals surface area contributed by atoms with Gasteiger partial charge in [-0.1, -0.05) is 39.2 Å². The Kier molecular flexibility index (Phi) is 7.01. The van der Waals surface area contributed by atoms with E-state index >= 15 is 0 Å². The number of aromatic nitrogens is 1. The van der Waals surface area contributed by atoms with Gasteiger partial charge in [0.15, 0.2) is 0 Å². The van der Waals surface area contributed by atoms with Crippen LogP contribution in [0.1, 0.15) is 44.4 Å². The predicted molar refractivity (Wildman–Crippen MR) is 95.8 cm³/mol. The third-order valence-corrected chi connectivity index (χ3v) is 4.45. The highest BCUT2D eigenvalue weighted by molar-refractivity contribution is 7.15. The molecule has 0 unspecified atom stereocenters. The molecule has 0 saturated carbocycles. The van der Waals surface area contributed by atoms with E-state index in [0.717, 1.165) is 42.7 Å². The summed E-state index contributed by atoms with van der Waals surface area (Å²) in [6, 6.07) is 7.51. The maximum absolute atomic E-state index is 11.7. The number of allylic oxidation sites excluding steroid dienone is 1. The van der Waals surface area contributed by atoms with Crippen LogP contribution in [0, 0.1) is 0 Å². The molecular formula is C19H23NO2S. The Hall–Kier alpha value is -1.94. The van der Waals surface area contributed by atoms with E-state index < -0.39 is 0 Å². The first-order valence-corrected chi connectivity index (χ1v) is 8.98. The normalized spacial score (nSPS) is 11.0. The summed E-state index contributed by atoms with van der Waals surface area (Å²) in [5, 5.41) is 1.01. The van der Waals surface area contributed by atoms with Crippen molar-refractivity contribution in [2.75, 3.05) is 0 Å². The zero-order valence-electron chi connectivity index (χ0n) is 13.7. The average Bonchev–Trinajstić information content (AvgIpc) is 3.01. The van der Waals surface area contributed by atoms with Crippen LogP contribution in [0.4, 0.5) is 0 Å². The number of carbonyl (C=O) groups is 1. The molecule has 4 heteroatoms. The van der Waals surface area contributed by atoms with Crippen molar-refractivity contribution in [3.8, 4) is 16.3 Å². The minimum absolute atomic E-state index is 0.326. The van der Waals surface area contributed by atoms with Crippen LogP contribution in [0.2, 0.25) is 0 Å². The molecule has 0 fully saturated rings. The molecule has 0 N–H and O–H groups in total. The Morgan fingerprint density at radius 1 is 1.22 bits per heavy atom. The van der Waals surface area contributed by atoms with E-state index in [4.69, 9.17) is 4.74 Å². The minimum atomic E-state index is -0.326. The summed E-state index contributed by atoms with van der Waals surface area (Å²) in [5.41, 5.74) is 1.05. The van der Waals surface area contributed by atoms with Crippen LogP contribution in [-0.2, 0) is 11.2 Å². The van der Waals surface area contributed by atoms with Crippen LogP contribution in [0.5, 0.6) is 5.75 Å². The van der Waals surface area contributed by atoms with Crippen LogP contribution in [0.15, 0.2) is 42.6 Å². The Balaban J connectivity index is 1.93. The molecule has 3 nitrogen and oxygen atoms in total. The second-order valence-electron chi connectivity index (χ2n) is 5.37. The van der Waals surface area contributed by atoms with Crippen molar-refractivity contribution >= 4 is 17.3 Å². The zero-order chi connectivity index (χ0) is 16.5. The lowest BCUT2D eigenvalue weighted by Gasteiger charge is -2.02. The lowest BCUT2D eigenvalue weighted by Crippen LogP contribution is -2.03. The van der Waals surface area contributed by atoms with Gasteiger partial charge in [-0.3, -0.25) is 0 Å². The van der Waals surface area contributed by atoms with E-state index in [1.54, 1.807) is 11.3 Å².